The van der Waals surface area contributed by atoms with Crippen molar-refractivity contribution in [2.45, 2.75) is 19.5 Å². The molecule has 0 radical (unpaired) electrons. The molecule has 0 unspecified atom stereocenters. The maximum Gasteiger partial charge on any atom is 0.261 e. The SMILES string of the molecule is CNC(=O)[C@@H](C)N(Cc1ccccc1Cl)C(=O)COc1ccc2ccccc2c1Br. The second kappa shape index (κ2) is 9.96. The highest BCUT2D eigenvalue weighted by Crippen LogP contribution is 2.33. The highest BCUT2D eigenvalue weighted by molar-refractivity contribution is 9.10. The van der Waals surface area contributed by atoms with E-state index in [1.165, 1.54) is 4.90 Å². The van der Waals surface area contributed by atoms with E-state index in [4.69, 9.17) is 16.3 Å². The van der Waals surface area contributed by atoms with Crippen LogP contribution >= 0.6 is 27.5 Å². The number of fused-ring (bicyclic) bond motifs is 1. The van der Waals surface area contributed by atoms with Crippen LogP contribution in [0.25, 0.3) is 10.8 Å². The molecular weight excluding hydrogens is 468 g/mol. The Hall–Kier alpha value is -2.57. The van der Waals surface area contributed by atoms with Gasteiger partial charge in [0.2, 0.25) is 5.91 Å². The Kier molecular flexibility index (Phi) is 7.34. The molecule has 0 saturated heterocycles. The second-order valence-electron chi connectivity index (χ2n) is 6.79. The van der Waals surface area contributed by atoms with E-state index in [-0.39, 0.29) is 25.0 Å². The van der Waals surface area contributed by atoms with Gasteiger partial charge in [-0.1, -0.05) is 60.1 Å². The number of nitrogens with one attached hydrogen (secondary N) is 1. The van der Waals surface area contributed by atoms with Gasteiger partial charge in [0.1, 0.15) is 11.8 Å². The molecule has 3 aromatic carbocycles. The Labute approximate surface area is 189 Å². The molecule has 7 heteroatoms. The smallest absolute Gasteiger partial charge is 0.261 e. The van der Waals surface area contributed by atoms with Crippen molar-refractivity contribution in [1.29, 1.82) is 0 Å². The molecule has 3 rings (SSSR count). The predicted molar refractivity (Wildman–Crippen MR) is 123 cm³/mol. The minimum atomic E-state index is -0.678. The van der Waals surface area contributed by atoms with E-state index in [9.17, 15) is 9.59 Å². The fraction of sp³-hybridized carbons (Fsp3) is 0.217. The normalized spacial score (nSPS) is 11.7. The summed E-state index contributed by atoms with van der Waals surface area (Å²) in [4.78, 5) is 26.7. The van der Waals surface area contributed by atoms with Gasteiger partial charge in [0.05, 0.1) is 4.47 Å². The van der Waals surface area contributed by atoms with Crippen LogP contribution in [0.1, 0.15) is 12.5 Å². The van der Waals surface area contributed by atoms with Crippen molar-refractivity contribution in [3.05, 3.63) is 75.7 Å². The highest BCUT2D eigenvalue weighted by Gasteiger charge is 2.26. The van der Waals surface area contributed by atoms with Gasteiger partial charge < -0.3 is 15.0 Å². The fourth-order valence-corrected chi connectivity index (χ4v) is 3.95. The van der Waals surface area contributed by atoms with Crippen molar-refractivity contribution < 1.29 is 14.3 Å². The summed E-state index contributed by atoms with van der Waals surface area (Å²) in [6.45, 7) is 1.68. The lowest BCUT2D eigenvalue weighted by Crippen LogP contribution is -2.48. The number of carbonyl (C=O) groups is 2. The van der Waals surface area contributed by atoms with E-state index < -0.39 is 6.04 Å². The zero-order valence-corrected chi connectivity index (χ0v) is 19.0. The molecule has 0 saturated carbocycles. The van der Waals surface area contributed by atoms with Gasteiger partial charge in [0, 0.05) is 18.6 Å². The zero-order chi connectivity index (χ0) is 21.7. The van der Waals surface area contributed by atoms with Crippen LogP contribution in [0.3, 0.4) is 0 Å². The molecule has 2 amide bonds. The van der Waals surface area contributed by atoms with Crippen LogP contribution in [0, 0.1) is 0 Å². The molecule has 0 aromatic heterocycles. The zero-order valence-electron chi connectivity index (χ0n) is 16.7. The van der Waals surface area contributed by atoms with Crippen molar-refractivity contribution in [3.63, 3.8) is 0 Å². The van der Waals surface area contributed by atoms with Crippen molar-refractivity contribution in [1.82, 2.24) is 10.2 Å². The summed E-state index contributed by atoms with van der Waals surface area (Å²) in [7, 11) is 1.54. The van der Waals surface area contributed by atoms with Gasteiger partial charge in [-0.15, -0.1) is 0 Å². The molecule has 0 heterocycles. The lowest BCUT2D eigenvalue weighted by molar-refractivity contribution is -0.142. The summed E-state index contributed by atoms with van der Waals surface area (Å²) < 4.78 is 6.60. The van der Waals surface area contributed by atoms with E-state index in [0.717, 1.165) is 20.8 Å². The van der Waals surface area contributed by atoms with E-state index >= 15 is 0 Å². The van der Waals surface area contributed by atoms with E-state index in [1.807, 2.05) is 54.6 Å². The number of ether oxygens (including phenoxy) is 1. The number of rotatable bonds is 7. The summed E-state index contributed by atoms with van der Waals surface area (Å²) in [6, 6.07) is 18.2. The first-order valence-electron chi connectivity index (χ1n) is 9.47. The largest absolute Gasteiger partial charge is 0.483 e. The maximum atomic E-state index is 13.0. The number of hydrogen-bond acceptors (Lipinski definition) is 3. The van der Waals surface area contributed by atoms with Crippen molar-refractivity contribution >= 4 is 50.1 Å². The van der Waals surface area contributed by atoms with Crippen molar-refractivity contribution in [2.24, 2.45) is 0 Å². The molecule has 156 valence electrons. The summed E-state index contributed by atoms with van der Waals surface area (Å²) >= 11 is 9.83. The molecule has 0 fully saturated rings. The van der Waals surface area contributed by atoms with E-state index in [1.54, 1.807) is 20.0 Å². The first kappa shape index (κ1) is 22.1. The van der Waals surface area contributed by atoms with Crippen LogP contribution in [0.2, 0.25) is 5.02 Å². The average molecular weight is 490 g/mol. The minimum Gasteiger partial charge on any atom is -0.483 e. The molecule has 0 spiro atoms. The third-order valence-electron chi connectivity index (χ3n) is 4.89. The predicted octanol–water partition coefficient (Wildman–Crippen LogP) is 4.80. The van der Waals surface area contributed by atoms with Crippen LogP contribution in [0.15, 0.2) is 65.1 Å². The number of likely N-dealkylation sites (N-methyl/N-ethyl adjacent to an activating group) is 1. The van der Waals surface area contributed by atoms with Crippen molar-refractivity contribution in [2.75, 3.05) is 13.7 Å². The van der Waals surface area contributed by atoms with Gasteiger partial charge in [-0.2, -0.15) is 0 Å². The Morgan fingerprint density at radius 1 is 1.10 bits per heavy atom. The Bertz CT molecular complexity index is 1070. The molecule has 1 atom stereocenters. The maximum absolute atomic E-state index is 13.0. The van der Waals surface area contributed by atoms with Gasteiger partial charge in [0.15, 0.2) is 6.61 Å². The summed E-state index contributed by atoms with van der Waals surface area (Å²) in [5.41, 5.74) is 0.759. The Morgan fingerprint density at radius 3 is 2.53 bits per heavy atom. The topological polar surface area (TPSA) is 58.6 Å². The van der Waals surface area contributed by atoms with Crippen LogP contribution in [-0.2, 0) is 16.1 Å². The second-order valence-corrected chi connectivity index (χ2v) is 7.99. The lowest BCUT2D eigenvalue weighted by Gasteiger charge is -2.28. The van der Waals surface area contributed by atoms with Crippen molar-refractivity contribution in [3.8, 4) is 5.75 Å². The molecule has 0 aliphatic carbocycles. The number of nitrogens with zero attached hydrogens (tertiary/aromatic N) is 1. The number of carbonyl (C=O) groups excluding carboxylic acids is 2. The molecule has 0 bridgehead atoms. The molecular formula is C23H22BrClN2O3. The third kappa shape index (κ3) is 4.94. The number of benzene rings is 3. The van der Waals surface area contributed by atoms with Gasteiger partial charge in [-0.05, 0) is 51.3 Å². The quantitative estimate of drug-likeness (QED) is 0.519. The van der Waals surface area contributed by atoms with Gasteiger partial charge in [-0.25, -0.2) is 0 Å². The van der Waals surface area contributed by atoms with Crippen LogP contribution < -0.4 is 10.1 Å². The van der Waals surface area contributed by atoms with Crippen LogP contribution in [0.4, 0.5) is 0 Å². The third-order valence-corrected chi connectivity index (χ3v) is 6.08. The fourth-order valence-electron chi connectivity index (χ4n) is 3.15. The molecule has 30 heavy (non-hydrogen) atoms. The standard InChI is InChI=1S/C23H22BrClN2O3/c1-15(23(29)26-2)27(13-17-8-4-6-10-19(17)25)21(28)14-30-20-12-11-16-7-3-5-9-18(16)22(20)24/h3-12,15H,13-14H2,1-2H3,(H,26,29)/t15-/m1/s1. The minimum absolute atomic E-state index is 0.204. The molecule has 5 nitrogen and oxygen atoms in total. The number of halogens is 2. The molecule has 1 N–H and O–H groups in total. The average Bonchev–Trinajstić information content (AvgIpc) is 2.77. The monoisotopic (exact) mass is 488 g/mol. The van der Waals surface area contributed by atoms with Crippen LogP contribution in [-0.4, -0.2) is 36.4 Å². The highest BCUT2D eigenvalue weighted by atomic mass is 79.9. The van der Waals surface area contributed by atoms with Gasteiger partial charge in [0.25, 0.3) is 5.91 Å². The number of hydrogen-bond donors (Lipinski definition) is 1. The summed E-state index contributed by atoms with van der Waals surface area (Å²) in [5.74, 6) is -0.0132. The van der Waals surface area contributed by atoms with E-state index in [2.05, 4.69) is 21.2 Å². The molecule has 0 aliphatic heterocycles. The lowest BCUT2D eigenvalue weighted by atomic mass is 10.1. The number of amides is 2. The van der Waals surface area contributed by atoms with Crippen LogP contribution in [0.5, 0.6) is 5.75 Å². The summed E-state index contributed by atoms with van der Waals surface area (Å²) in [6.07, 6.45) is 0. The molecule has 0 aliphatic rings. The molecule has 3 aromatic rings. The summed E-state index contributed by atoms with van der Waals surface area (Å²) in [5, 5.41) is 5.19. The van der Waals surface area contributed by atoms with Gasteiger partial charge >= 0.3 is 0 Å². The Morgan fingerprint density at radius 2 is 1.80 bits per heavy atom. The first-order valence-corrected chi connectivity index (χ1v) is 10.6. The first-order chi connectivity index (χ1) is 14.4. The Balaban J connectivity index is 1.80. The van der Waals surface area contributed by atoms with E-state index in [0.29, 0.717) is 10.8 Å². The van der Waals surface area contributed by atoms with Gasteiger partial charge in [-0.3, -0.25) is 9.59 Å².